The molecule has 2 aliphatic rings. The summed E-state index contributed by atoms with van der Waals surface area (Å²) >= 11 is 1.14. The van der Waals surface area contributed by atoms with Gasteiger partial charge in [-0.25, -0.2) is 14.6 Å². The Morgan fingerprint density at radius 2 is 1.91 bits per heavy atom. The Bertz CT molecular complexity index is 1650. The minimum absolute atomic E-state index is 0.0877. The summed E-state index contributed by atoms with van der Waals surface area (Å²) in [6, 6.07) is 14.4. The number of hydrazine groups is 1. The number of rotatable bonds is 8. The predicted molar refractivity (Wildman–Crippen MR) is 168 cm³/mol. The van der Waals surface area contributed by atoms with Crippen molar-refractivity contribution in [1.29, 1.82) is 0 Å². The molecule has 3 aromatic rings. The van der Waals surface area contributed by atoms with E-state index in [2.05, 4.69) is 30.8 Å². The molecule has 3 aromatic carbocycles. The first kappa shape index (κ1) is 31.8. The molecule has 2 heterocycles. The maximum Gasteiger partial charge on any atom is 0.573 e. The molecular formula is C30H29F4N7O3S. The number of aryl methyl sites for hydroxylation is 1. The topological polar surface area (TPSA) is 111 Å². The Balaban J connectivity index is 1.17. The third-order valence-corrected chi connectivity index (χ3v) is 7.64. The molecular weight excluding hydrogens is 614 g/mol. The molecule has 1 unspecified atom stereocenters. The van der Waals surface area contributed by atoms with Gasteiger partial charge >= 0.3 is 12.4 Å². The molecule has 3 amide bonds. The van der Waals surface area contributed by atoms with Crippen LogP contribution in [0.5, 0.6) is 5.75 Å². The zero-order chi connectivity index (χ0) is 32.3. The average molecular weight is 644 g/mol. The first-order chi connectivity index (χ1) is 21.4. The van der Waals surface area contributed by atoms with Crippen LogP contribution in [-0.2, 0) is 4.79 Å². The summed E-state index contributed by atoms with van der Waals surface area (Å²) in [6.07, 6.45) is -3.75. The van der Waals surface area contributed by atoms with E-state index in [1.807, 2.05) is 39.0 Å². The molecule has 0 saturated carbocycles. The molecule has 0 aromatic heterocycles. The minimum atomic E-state index is -4.78. The van der Waals surface area contributed by atoms with Crippen LogP contribution in [0.1, 0.15) is 30.9 Å². The molecule has 0 bridgehead atoms. The van der Waals surface area contributed by atoms with Crippen molar-refractivity contribution in [3.8, 4) is 5.75 Å². The number of anilines is 4. The first-order valence-electron chi connectivity index (χ1n) is 13.8. The summed E-state index contributed by atoms with van der Waals surface area (Å²) < 4.78 is 56.0. The Labute approximate surface area is 260 Å². The number of amides is 3. The number of thioether (sulfide) groups is 1. The summed E-state index contributed by atoms with van der Waals surface area (Å²) in [5, 5.41) is 7.24. The van der Waals surface area contributed by atoms with Crippen molar-refractivity contribution in [3.63, 3.8) is 0 Å². The second kappa shape index (κ2) is 13.2. The number of carbonyl (C=O) groups is 2. The highest BCUT2D eigenvalue weighted by molar-refractivity contribution is 8.15. The number of aliphatic imine (C=N–C) groups is 2. The van der Waals surface area contributed by atoms with Crippen LogP contribution in [0.2, 0.25) is 0 Å². The lowest BCUT2D eigenvalue weighted by atomic mass is 9.99. The van der Waals surface area contributed by atoms with Crippen LogP contribution in [0.15, 0.2) is 70.6 Å². The van der Waals surface area contributed by atoms with Crippen LogP contribution in [0.4, 0.5) is 45.1 Å². The van der Waals surface area contributed by atoms with E-state index in [0.29, 0.717) is 17.1 Å². The van der Waals surface area contributed by atoms with E-state index in [4.69, 9.17) is 0 Å². The monoisotopic (exact) mass is 643 g/mol. The highest BCUT2D eigenvalue weighted by Crippen LogP contribution is 2.34. The third kappa shape index (κ3) is 7.91. The van der Waals surface area contributed by atoms with Crippen molar-refractivity contribution >= 4 is 58.0 Å². The minimum Gasteiger partial charge on any atom is -0.406 e. The van der Waals surface area contributed by atoms with Gasteiger partial charge < -0.3 is 15.4 Å². The molecule has 3 N–H and O–H groups in total. The van der Waals surface area contributed by atoms with E-state index in [1.54, 1.807) is 6.07 Å². The number of amidine groups is 1. The van der Waals surface area contributed by atoms with Crippen molar-refractivity contribution in [2.45, 2.75) is 39.2 Å². The number of urea groups is 1. The van der Waals surface area contributed by atoms with Gasteiger partial charge in [0.15, 0.2) is 5.17 Å². The average Bonchev–Trinajstić information content (AvgIpc) is 3.59. The maximum atomic E-state index is 14.9. The fourth-order valence-corrected chi connectivity index (χ4v) is 5.47. The molecule has 5 rings (SSSR count). The van der Waals surface area contributed by atoms with Gasteiger partial charge in [0.2, 0.25) is 5.91 Å². The van der Waals surface area contributed by atoms with Crippen LogP contribution >= 0.6 is 11.8 Å². The van der Waals surface area contributed by atoms with Gasteiger partial charge in [-0.1, -0.05) is 37.7 Å². The SMILES string of the molecule is Cc1ccc(C(C)C)c(N2C(=O)CS/C2=N\C(=O)Nc2ccc(NCC3N=CN(c4ccc(OC(F)(F)F)cc4)N3)cc2F)c1. The molecule has 0 aliphatic carbocycles. The van der Waals surface area contributed by atoms with Crippen molar-refractivity contribution in [2.24, 2.45) is 9.98 Å². The number of ether oxygens (including phenoxy) is 1. The Kier molecular flexibility index (Phi) is 9.29. The summed E-state index contributed by atoms with van der Waals surface area (Å²) in [4.78, 5) is 35.4. The molecule has 15 heteroatoms. The zero-order valence-corrected chi connectivity index (χ0v) is 25.2. The standard InChI is InChI=1S/C30H29F4N7O3S/c1-17(2)22-10-4-18(3)12-25(22)41-27(42)15-45-29(41)38-28(43)37-24-11-5-19(13-23(24)31)35-14-26-36-16-40(39-26)20-6-8-21(9-7-20)44-30(32,33)34/h4-13,16-17,26,35,39H,14-15H2,1-3H3,(H,37,43)/b38-29-. The molecule has 2 aliphatic heterocycles. The van der Waals surface area contributed by atoms with Gasteiger partial charge in [-0.2, -0.15) is 4.99 Å². The summed E-state index contributed by atoms with van der Waals surface area (Å²) in [5.41, 5.74) is 6.49. The molecule has 236 valence electrons. The normalized spacial score (nSPS) is 17.5. The molecule has 0 radical (unpaired) electrons. The highest BCUT2D eigenvalue weighted by atomic mass is 32.2. The molecule has 10 nitrogen and oxygen atoms in total. The smallest absolute Gasteiger partial charge is 0.406 e. The number of carbonyl (C=O) groups excluding carboxylic acids is 2. The van der Waals surface area contributed by atoms with Crippen molar-refractivity contribution < 1.29 is 31.9 Å². The second-order valence-electron chi connectivity index (χ2n) is 10.5. The molecule has 1 atom stereocenters. The second-order valence-corrected chi connectivity index (χ2v) is 11.4. The number of hydrogen-bond donors (Lipinski definition) is 3. The highest BCUT2D eigenvalue weighted by Gasteiger charge is 2.33. The predicted octanol–water partition coefficient (Wildman–Crippen LogP) is 6.62. The van der Waals surface area contributed by atoms with Gasteiger partial charge in [-0.15, -0.1) is 13.2 Å². The van der Waals surface area contributed by atoms with E-state index in [0.717, 1.165) is 22.9 Å². The zero-order valence-electron chi connectivity index (χ0n) is 24.4. The van der Waals surface area contributed by atoms with Crippen LogP contribution in [-0.4, -0.2) is 48.3 Å². The van der Waals surface area contributed by atoms with E-state index >= 15 is 0 Å². The summed E-state index contributed by atoms with van der Waals surface area (Å²) in [7, 11) is 0. The van der Waals surface area contributed by atoms with Crippen molar-refractivity contribution in [3.05, 3.63) is 77.6 Å². The van der Waals surface area contributed by atoms with Gasteiger partial charge in [0.05, 0.1) is 29.4 Å². The lowest BCUT2D eigenvalue weighted by molar-refractivity contribution is -0.274. The largest absolute Gasteiger partial charge is 0.573 e. The lowest BCUT2D eigenvalue weighted by Gasteiger charge is -2.22. The summed E-state index contributed by atoms with van der Waals surface area (Å²) in [5.74, 6) is -0.974. The number of halogens is 4. The first-order valence-corrected chi connectivity index (χ1v) is 14.8. The number of nitrogens with one attached hydrogen (secondary N) is 3. The van der Waals surface area contributed by atoms with E-state index in [9.17, 15) is 27.2 Å². The van der Waals surface area contributed by atoms with Crippen molar-refractivity contribution in [2.75, 3.05) is 32.8 Å². The van der Waals surface area contributed by atoms with Gasteiger partial charge in [0, 0.05) is 5.69 Å². The maximum absolute atomic E-state index is 14.9. The number of benzene rings is 3. The number of alkyl halides is 3. The van der Waals surface area contributed by atoms with Gasteiger partial charge in [0.25, 0.3) is 0 Å². The molecule has 45 heavy (non-hydrogen) atoms. The quantitative estimate of drug-likeness (QED) is 0.237. The van der Waals surface area contributed by atoms with Crippen LogP contribution < -0.4 is 30.7 Å². The fourth-order valence-electron chi connectivity index (χ4n) is 4.61. The van der Waals surface area contributed by atoms with E-state index in [-0.39, 0.29) is 40.7 Å². The fraction of sp³-hybridized carbons (Fsp3) is 0.267. The van der Waals surface area contributed by atoms with Gasteiger partial charge in [-0.3, -0.25) is 19.7 Å². The van der Waals surface area contributed by atoms with Gasteiger partial charge in [-0.05, 0) is 72.5 Å². The Hall–Kier alpha value is -4.63. The van der Waals surface area contributed by atoms with E-state index < -0.39 is 24.4 Å². The number of hydrogen-bond acceptors (Lipinski definition) is 8. The van der Waals surface area contributed by atoms with E-state index in [1.165, 1.54) is 52.6 Å². The Morgan fingerprint density at radius 3 is 2.60 bits per heavy atom. The third-order valence-electron chi connectivity index (χ3n) is 6.72. The van der Waals surface area contributed by atoms with Crippen LogP contribution in [0, 0.1) is 12.7 Å². The van der Waals surface area contributed by atoms with Crippen LogP contribution in [0.25, 0.3) is 0 Å². The molecule has 0 spiro atoms. The number of nitrogens with zero attached hydrogens (tertiary/aromatic N) is 4. The van der Waals surface area contributed by atoms with Crippen molar-refractivity contribution in [1.82, 2.24) is 5.43 Å². The van der Waals surface area contributed by atoms with Crippen LogP contribution in [0.3, 0.4) is 0 Å². The molecule has 1 fully saturated rings. The molecule has 1 saturated heterocycles. The summed E-state index contributed by atoms with van der Waals surface area (Å²) in [6.45, 7) is 6.20. The lowest BCUT2D eigenvalue weighted by Crippen LogP contribution is -2.40. The van der Waals surface area contributed by atoms with Gasteiger partial charge in [0.1, 0.15) is 24.1 Å². The Morgan fingerprint density at radius 1 is 1.16 bits per heavy atom.